The first-order valence-corrected chi connectivity index (χ1v) is 8.02. The van der Waals surface area contributed by atoms with Crippen LogP contribution < -0.4 is 5.32 Å². The minimum atomic E-state index is 0.558. The summed E-state index contributed by atoms with van der Waals surface area (Å²) < 4.78 is 0. The molecule has 0 spiro atoms. The Morgan fingerprint density at radius 3 is 2.63 bits per heavy atom. The lowest BCUT2D eigenvalue weighted by Crippen LogP contribution is -2.25. The third kappa shape index (κ3) is 3.82. The van der Waals surface area contributed by atoms with Crippen molar-refractivity contribution in [2.24, 2.45) is 5.92 Å². The molecular formula is C18H29N. The van der Waals surface area contributed by atoms with Crippen molar-refractivity contribution in [3.63, 3.8) is 0 Å². The summed E-state index contributed by atoms with van der Waals surface area (Å²) in [7, 11) is 0. The zero-order chi connectivity index (χ0) is 13.7. The number of benzene rings is 1. The third-order valence-corrected chi connectivity index (χ3v) is 4.71. The van der Waals surface area contributed by atoms with E-state index >= 15 is 0 Å². The predicted octanol–water partition coefficient (Wildman–Crippen LogP) is 4.92. The van der Waals surface area contributed by atoms with Gasteiger partial charge in [0.05, 0.1) is 0 Å². The average Bonchev–Trinajstić information content (AvgIpc) is 2.91. The quantitative estimate of drug-likeness (QED) is 0.764. The zero-order valence-corrected chi connectivity index (χ0v) is 12.8. The summed E-state index contributed by atoms with van der Waals surface area (Å²) in [6.45, 7) is 7.89. The van der Waals surface area contributed by atoms with Gasteiger partial charge >= 0.3 is 0 Å². The van der Waals surface area contributed by atoms with E-state index in [0.717, 1.165) is 12.5 Å². The van der Waals surface area contributed by atoms with Crippen molar-refractivity contribution in [3.05, 3.63) is 34.9 Å². The number of hydrogen-bond acceptors (Lipinski definition) is 1. The molecule has 1 heteroatoms. The van der Waals surface area contributed by atoms with Crippen LogP contribution in [0.2, 0.25) is 0 Å². The molecule has 1 aromatic carbocycles. The summed E-state index contributed by atoms with van der Waals surface area (Å²) >= 11 is 0. The first-order chi connectivity index (χ1) is 9.22. The smallest absolute Gasteiger partial charge is 0.0325 e. The Labute approximate surface area is 118 Å². The molecule has 0 saturated heterocycles. The van der Waals surface area contributed by atoms with E-state index < -0.39 is 0 Å². The lowest BCUT2D eigenvalue weighted by Gasteiger charge is -2.24. The van der Waals surface area contributed by atoms with Gasteiger partial charge in [-0.05, 0) is 55.8 Å². The Morgan fingerprint density at radius 2 is 1.95 bits per heavy atom. The molecule has 0 heterocycles. The average molecular weight is 259 g/mol. The normalized spacial score (nSPS) is 17.8. The van der Waals surface area contributed by atoms with Crippen LogP contribution in [0, 0.1) is 19.8 Å². The summed E-state index contributed by atoms with van der Waals surface area (Å²) in [4.78, 5) is 0. The van der Waals surface area contributed by atoms with Crippen LogP contribution in [0.15, 0.2) is 18.2 Å². The third-order valence-electron chi connectivity index (χ3n) is 4.71. The molecule has 1 fully saturated rings. The number of nitrogens with one attached hydrogen (secondary N) is 1. The molecule has 0 bridgehead atoms. The van der Waals surface area contributed by atoms with Gasteiger partial charge in [-0.1, -0.05) is 50.8 Å². The van der Waals surface area contributed by atoms with Crippen LogP contribution in [-0.4, -0.2) is 6.54 Å². The lowest BCUT2D eigenvalue weighted by molar-refractivity contribution is 0.394. The summed E-state index contributed by atoms with van der Waals surface area (Å²) in [6, 6.07) is 7.32. The molecule has 2 rings (SSSR count). The van der Waals surface area contributed by atoms with Crippen molar-refractivity contribution in [1.29, 1.82) is 0 Å². The summed E-state index contributed by atoms with van der Waals surface area (Å²) in [6.07, 6.45) is 8.30. The van der Waals surface area contributed by atoms with Crippen LogP contribution in [0.5, 0.6) is 0 Å². The molecule has 1 nitrogen and oxygen atoms in total. The van der Waals surface area contributed by atoms with E-state index in [1.165, 1.54) is 55.2 Å². The van der Waals surface area contributed by atoms with E-state index in [1.54, 1.807) is 0 Å². The summed E-state index contributed by atoms with van der Waals surface area (Å²) in [5.74, 6) is 0.939. The molecule has 106 valence electrons. The van der Waals surface area contributed by atoms with E-state index in [0.29, 0.717) is 6.04 Å². The van der Waals surface area contributed by atoms with Gasteiger partial charge < -0.3 is 5.32 Å². The van der Waals surface area contributed by atoms with Gasteiger partial charge in [-0.15, -0.1) is 0 Å². The maximum atomic E-state index is 3.78. The SMILES string of the molecule is CCCNC(CC1CCCC1)c1cccc(C)c1C. The molecule has 1 aromatic rings. The zero-order valence-electron chi connectivity index (χ0n) is 12.8. The van der Waals surface area contributed by atoms with E-state index in [4.69, 9.17) is 0 Å². The van der Waals surface area contributed by atoms with Crippen LogP contribution in [0.4, 0.5) is 0 Å². The molecular weight excluding hydrogens is 230 g/mol. The van der Waals surface area contributed by atoms with E-state index in [9.17, 15) is 0 Å². The van der Waals surface area contributed by atoms with Crippen LogP contribution >= 0.6 is 0 Å². The standard InChI is InChI=1S/C18H29N/c1-4-12-19-18(13-16-9-5-6-10-16)17-11-7-8-14(2)15(17)3/h7-8,11,16,18-19H,4-6,9-10,12-13H2,1-3H3. The highest BCUT2D eigenvalue weighted by atomic mass is 14.9. The van der Waals surface area contributed by atoms with Crippen molar-refractivity contribution < 1.29 is 0 Å². The molecule has 19 heavy (non-hydrogen) atoms. The van der Waals surface area contributed by atoms with Gasteiger partial charge in [-0.25, -0.2) is 0 Å². The Balaban J connectivity index is 2.13. The molecule has 1 saturated carbocycles. The van der Waals surface area contributed by atoms with Gasteiger partial charge in [-0.2, -0.15) is 0 Å². The maximum absolute atomic E-state index is 3.78. The van der Waals surface area contributed by atoms with Crippen LogP contribution in [0.1, 0.15) is 68.2 Å². The summed E-state index contributed by atoms with van der Waals surface area (Å²) in [5.41, 5.74) is 4.43. The van der Waals surface area contributed by atoms with Gasteiger partial charge in [-0.3, -0.25) is 0 Å². The van der Waals surface area contributed by atoms with E-state index in [-0.39, 0.29) is 0 Å². The molecule has 1 aliphatic carbocycles. The van der Waals surface area contributed by atoms with Crippen molar-refractivity contribution in [2.75, 3.05) is 6.54 Å². The van der Waals surface area contributed by atoms with E-state index in [1.807, 2.05) is 0 Å². The van der Waals surface area contributed by atoms with E-state index in [2.05, 4.69) is 44.3 Å². The molecule has 1 atom stereocenters. The van der Waals surface area contributed by atoms with Gasteiger partial charge in [0.25, 0.3) is 0 Å². The molecule has 0 amide bonds. The van der Waals surface area contributed by atoms with Crippen molar-refractivity contribution in [1.82, 2.24) is 5.32 Å². The fraction of sp³-hybridized carbons (Fsp3) is 0.667. The fourth-order valence-corrected chi connectivity index (χ4v) is 3.37. The molecule has 1 aliphatic rings. The van der Waals surface area contributed by atoms with Crippen LogP contribution in [-0.2, 0) is 0 Å². The molecule has 0 radical (unpaired) electrons. The summed E-state index contributed by atoms with van der Waals surface area (Å²) in [5, 5.41) is 3.78. The first kappa shape index (κ1) is 14.6. The van der Waals surface area contributed by atoms with Gasteiger partial charge in [0.2, 0.25) is 0 Å². The highest BCUT2D eigenvalue weighted by Gasteiger charge is 2.22. The van der Waals surface area contributed by atoms with Crippen LogP contribution in [0.25, 0.3) is 0 Å². The monoisotopic (exact) mass is 259 g/mol. The first-order valence-electron chi connectivity index (χ1n) is 8.02. The molecule has 1 unspecified atom stereocenters. The Morgan fingerprint density at radius 1 is 1.21 bits per heavy atom. The second-order valence-corrected chi connectivity index (χ2v) is 6.18. The Bertz CT molecular complexity index is 391. The number of aryl methyl sites for hydroxylation is 1. The fourth-order valence-electron chi connectivity index (χ4n) is 3.37. The predicted molar refractivity (Wildman–Crippen MR) is 83.5 cm³/mol. The Hall–Kier alpha value is -0.820. The minimum absolute atomic E-state index is 0.558. The second kappa shape index (κ2) is 7.09. The Kier molecular flexibility index (Phi) is 5.45. The lowest BCUT2D eigenvalue weighted by atomic mass is 9.90. The molecule has 0 aromatic heterocycles. The van der Waals surface area contributed by atoms with Crippen molar-refractivity contribution in [3.8, 4) is 0 Å². The maximum Gasteiger partial charge on any atom is 0.0325 e. The molecule has 0 aliphatic heterocycles. The number of rotatable bonds is 6. The van der Waals surface area contributed by atoms with Gasteiger partial charge in [0.15, 0.2) is 0 Å². The highest BCUT2D eigenvalue weighted by molar-refractivity contribution is 5.35. The topological polar surface area (TPSA) is 12.0 Å². The second-order valence-electron chi connectivity index (χ2n) is 6.18. The highest BCUT2D eigenvalue weighted by Crippen LogP contribution is 2.34. The number of hydrogen-bond donors (Lipinski definition) is 1. The van der Waals surface area contributed by atoms with Crippen molar-refractivity contribution >= 4 is 0 Å². The minimum Gasteiger partial charge on any atom is -0.310 e. The van der Waals surface area contributed by atoms with Crippen molar-refractivity contribution in [2.45, 2.75) is 65.3 Å². The van der Waals surface area contributed by atoms with Gasteiger partial charge in [0.1, 0.15) is 0 Å². The largest absolute Gasteiger partial charge is 0.310 e. The van der Waals surface area contributed by atoms with Crippen LogP contribution in [0.3, 0.4) is 0 Å². The van der Waals surface area contributed by atoms with Gasteiger partial charge in [0, 0.05) is 6.04 Å². The molecule has 1 N–H and O–H groups in total.